The van der Waals surface area contributed by atoms with Crippen LogP contribution in [0.1, 0.15) is 33.6 Å². The maximum absolute atomic E-state index is 11.7. The molecule has 0 aliphatic carbocycles. The molecule has 1 N–H and O–H groups in total. The zero-order chi connectivity index (χ0) is 16.5. The Balaban J connectivity index is 3.76. The minimum Gasteiger partial charge on any atom is -0.444 e. The van der Waals surface area contributed by atoms with Gasteiger partial charge in [0.1, 0.15) is 5.60 Å². The Bertz CT molecular complexity index is 364. The highest BCUT2D eigenvalue weighted by Gasteiger charge is 2.18. The molecule has 0 aromatic heterocycles. The number of unbranched alkanes of at least 4 members (excludes halogenated alkanes) is 1. The van der Waals surface area contributed by atoms with Crippen molar-refractivity contribution in [2.75, 3.05) is 34.2 Å². The number of thiocarbonyl (C=S) groups is 1. The smallest absolute Gasteiger partial charge is 0.410 e. The molecule has 0 aliphatic heterocycles. The van der Waals surface area contributed by atoms with E-state index in [2.05, 4.69) is 10.3 Å². The summed E-state index contributed by atoms with van der Waals surface area (Å²) in [6, 6.07) is 0. The van der Waals surface area contributed by atoms with Gasteiger partial charge < -0.3 is 19.9 Å². The second kappa shape index (κ2) is 9.55. The molecule has 6 nitrogen and oxygen atoms in total. The molecule has 21 heavy (non-hydrogen) atoms. The topological polar surface area (TPSA) is 57.2 Å². The van der Waals surface area contributed by atoms with Gasteiger partial charge in [-0.05, 0) is 45.8 Å². The number of carbonyl (C=O) groups is 1. The number of ether oxygens (including phenoxy) is 1. The Morgan fingerprint density at radius 1 is 1.29 bits per heavy atom. The number of nitrogens with one attached hydrogen (secondary N) is 1. The first-order valence-electron chi connectivity index (χ1n) is 7.04. The van der Waals surface area contributed by atoms with Gasteiger partial charge in [-0.3, -0.25) is 0 Å². The van der Waals surface area contributed by atoms with Crippen molar-refractivity contribution in [2.45, 2.75) is 39.2 Å². The van der Waals surface area contributed by atoms with Gasteiger partial charge in [0.25, 0.3) is 0 Å². The monoisotopic (exact) mass is 316 g/mol. The average Bonchev–Trinajstić information content (AvgIpc) is 2.33. The Morgan fingerprint density at radius 2 is 1.90 bits per heavy atom. The Kier molecular flexibility index (Phi) is 8.92. The molecule has 0 aliphatic rings. The lowest BCUT2D eigenvalue weighted by Crippen LogP contribution is -2.35. The first-order valence-corrected chi connectivity index (χ1v) is 7.45. The van der Waals surface area contributed by atoms with Crippen molar-refractivity contribution in [3.05, 3.63) is 0 Å². The van der Waals surface area contributed by atoms with Crippen LogP contribution in [-0.2, 0) is 4.74 Å². The molecule has 7 heteroatoms. The molecule has 0 unspecified atom stereocenters. The van der Waals surface area contributed by atoms with Crippen molar-refractivity contribution in [3.63, 3.8) is 0 Å². The molecule has 1 amide bonds. The fourth-order valence-electron chi connectivity index (χ4n) is 1.31. The Labute approximate surface area is 133 Å². The second-order valence-corrected chi connectivity index (χ2v) is 6.44. The van der Waals surface area contributed by atoms with Crippen LogP contribution in [0.15, 0.2) is 4.99 Å². The van der Waals surface area contributed by atoms with Crippen LogP contribution in [0.4, 0.5) is 4.79 Å². The fraction of sp³-hybridized carbons (Fsp3) is 0.786. The van der Waals surface area contributed by atoms with Gasteiger partial charge in [-0.15, -0.1) is 0 Å². The van der Waals surface area contributed by atoms with Gasteiger partial charge in [0, 0.05) is 34.2 Å². The van der Waals surface area contributed by atoms with Crippen molar-refractivity contribution >= 4 is 29.8 Å². The molecule has 0 fully saturated rings. The van der Waals surface area contributed by atoms with Crippen LogP contribution in [0.5, 0.6) is 0 Å². The zero-order valence-corrected chi connectivity index (χ0v) is 14.8. The zero-order valence-electron chi connectivity index (χ0n) is 14.0. The molecule has 0 saturated carbocycles. The van der Waals surface area contributed by atoms with Crippen LogP contribution in [0.3, 0.4) is 0 Å². The van der Waals surface area contributed by atoms with Crippen LogP contribution >= 0.6 is 12.2 Å². The predicted octanol–water partition coefficient (Wildman–Crippen LogP) is 2.10. The van der Waals surface area contributed by atoms with Crippen molar-refractivity contribution in [1.82, 2.24) is 15.1 Å². The van der Waals surface area contributed by atoms with E-state index in [1.165, 1.54) is 0 Å². The highest BCUT2D eigenvalue weighted by Crippen LogP contribution is 2.09. The molecule has 0 atom stereocenters. The molecule has 0 spiro atoms. The van der Waals surface area contributed by atoms with Gasteiger partial charge in [0.15, 0.2) is 5.11 Å². The number of amides is 1. The molecular formula is C14H28N4O2S. The molecule has 0 bridgehead atoms. The first kappa shape index (κ1) is 19.6. The van der Waals surface area contributed by atoms with Crippen LogP contribution in [0.2, 0.25) is 0 Å². The lowest BCUT2D eigenvalue weighted by atomic mass is 10.2. The summed E-state index contributed by atoms with van der Waals surface area (Å²) in [5, 5.41) is 3.53. The van der Waals surface area contributed by atoms with Gasteiger partial charge in [-0.25, -0.2) is 9.79 Å². The van der Waals surface area contributed by atoms with E-state index in [4.69, 9.17) is 17.0 Å². The summed E-state index contributed by atoms with van der Waals surface area (Å²) in [6.07, 6.45) is 3.15. The van der Waals surface area contributed by atoms with Crippen LogP contribution < -0.4 is 5.32 Å². The SMILES string of the molecule is CN(C)/C=N/C(=S)NCCCCN(C)C(=O)OC(C)(C)C. The first-order chi connectivity index (χ1) is 9.61. The highest BCUT2D eigenvalue weighted by atomic mass is 32.1. The summed E-state index contributed by atoms with van der Waals surface area (Å²) in [6.45, 7) is 6.98. The third kappa shape index (κ3) is 12.1. The van der Waals surface area contributed by atoms with E-state index in [0.29, 0.717) is 11.7 Å². The highest BCUT2D eigenvalue weighted by molar-refractivity contribution is 7.80. The summed E-state index contributed by atoms with van der Waals surface area (Å²) < 4.78 is 5.28. The molecule has 0 aromatic carbocycles. The van der Waals surface area contributed by atoms with Crippen molar-refractivity contribution in [2.24, 2.45) is 4.99 Å². The third-order valence-electron chi connectivity index (χ3n) is 2.31. The normalized spacial score (nSPS) is 11.3. The summed E-state index contributed by atoms with van der Waals surface area (Å²) in [4.78, 5) is 19.2. The minimum absolute atomic E-state index is 0.290. The number of hydrogen-bond acceptors (Lipinski definition) is 3. The molecule has 0 rings (SSSR count). The predicted molar refractivity (Wildman–Crippen MR) is 90.9 cm³/mol. The van der Waals surface area contributed by atoms with E-state index in [-0.39, 0.29) is 6.09 Å². The van der Waals surface area contributed by atoms with E-state index in [1.807, 2.05) is 39.8 Å². The molecule has 0 saturated heterocycles. The van der Waals surface area contributed by atoms with Gasteiger partial charge >= 0.3 is 6.09 Å². The number of hydrogen-bond donors (Lipinski definition) is 1. The number of nitrogens with zero attached hydrogens (tertiary/aromatic N) is 3. The number of aliphatic imine (C=N–C) groups is 1. The fourth-order valence-corrected chi connectivity index (χ4v) is 1.46. The molecule has 0 radical (unpaired) electrons. The van der Waals surface area contributed by atoms with Gasteiger partial charge in [-0.1, -0.05) is 0 Å². The van der Waals surface area contributed by atoms with Crippen molar-refractivity contribution in [3.8, 4) is 0 Å². The second-order valence-electron chi connectivity index (χ2n) is 6.05. The van der Waals surface area contributed by atoms with Crippen molar-refractivity contribution in [1.29, 1.82) is 0 Å². The largest absolute Gasteiger partial charge is 0.444 e. The summed E-state index contributed by atoms with van der Waals surface area (Å²) in [7, 11) is 5.52. The maximum atomic E-state index is 11.7. The maximum Gasteiger partial charge on any atom is 0.410 e. The lowest BCUT2D eigenvalue weighted by molar-refractivity contribution is 0.0296. The van der Waals surface area contributed by atoms with Crippen LogP contribution in [0, 0.1) is 0 Å². The third-order valence-corrected chi connectivity index (χ3v) is 2.56. The summed E-state index contributed by atoms with van der Waals surface area (Å²) >= 11 is 5.05. The quantitative estimate of drug-likeness (QED) is 0.352. The Hall–Kier alpha value is -1.37. The molecule has 122 valence electrons. The van der Waals surface area contributed by atoms with Crippen LogP contribution in [0.25, 0.3) is 0 Å². The van der Waals surface area contributed by atoms with Gasteiger partial charge in [-0.2, -0.15) is 0 Å². The van der Waals surface area contributed by atoms with E-state index in [0.717, 1.165) is 19.4 Å². The molecular weight excluding hydrogens is 288 g/mol. The Morgan fingerprint density at radius 3 is 2.43 bits per heavy atom. The van der Waals surface area contributed by atoms with E-state index >= 15 is 0 Å². The van der Waals surface area contributed by atoms with Crippen molar-refractivity contribution < 1.29 is 9.53 Å². The van der Waals surface area contributed by atoms with Gasteiger partial charge in [0.2, 0.25) is 0 Å². The summed E-state index contributed by atoms with van der Waals surface area (Å²) in [5.41, 5.74) is -0.455. The summed E-state index contributed by atoms with van der Waals surface area (Å²) in [5.74, 6) is 0. The standard InChI is InChI=1S/C14H28N4O2S/c1-14(2,3)20-13(19)18(6)10-8-7-9-15-12(21)16-11-17(4)5/h11H,7-10H2,1-6H3,(H,15,21)/b16-11+. The molecule has 0 aromatic rings. The minimum atomic E-state index is -0.455. The number of carbonyl (C=O) groups excluding carboxylic acids is 1. The van der Waals surface area contributed by atoms with E-state index < -0.39 is 5.60 Å². The van der Waals surface area contributed by atoms with Gasteiger partial charge in [0.05, 0.1) is 6.34 Å². The van der Waals surface area contributed by atoms with E-state index in [9.17, 15) is 4.79 Å². The number of rotatable bonds is 6. The lowest BCUT2D eigenvalue weighted by Gasteiger charge is -2.24. The molecule has 0 heterocycles. The van der Waals surface area contributed by atoms with Crippen LogP contribution in [-0.4, -0.2) is 67.2 Å². The van der Waals surface area contributed by atoms with E-state index in [1.54, 1.807) is 18.3 Å². The average molecular weight is 316 g/mol.